The van der Waals surface area contributed by atoms with Crippen molar-refractivity contribution >= 4 is 11.6 Å². The van der Waals surface area contributed by atoms with Crippen LogP contribution >= 0.6 is 11.6 Å². The summed E-state index contributed by atoms with van der Waals surface area (Å²) in [7, 11) is 0. The number of aryl methyl sites for hydroxylation is 1. The molecule has 1 heterocycles. The molecular formula is C15H20ClN. The molecule has 0 amide bonds. The second-order valence-corrected chi connectivity index (χ2v) is 6.40. The summed E-state index contributed by atoms with van der Waals surface area (Å²) >= 11 is 6.30. The van der Waals surface area contributed by atoms with E-state index in [2.05, 4.69) is 37.4 Å². The zero-order valence-corrected chi connectivity index (χ0v) is 11.3. The third-order valence-corrected chi connectivity index (χ3v) is 5.17. The summed E-state index contributed by atoms with van der Waals surface area (Å²) in [4.78, 5) is 0. The van der Waals surface area contributed by atoms with E-state index in [1.807, 2.05) is 0 Å². The lowest BCUT2D eigenvalue weighted by molar-refractivity contribution is 0.399. The molecule has 1 aliphatic heterocycles. The molecule has 1 saturated carbocycles. The van der Waals surface area contributed by atoms with Crippen molar-refractivity contribution < 1.29 is 0 Å². The number of rotatable bonds is 1. The number of nitrogens with one attached hydrogen (secondary N) is 1. The Morgan fingerprint density at radius 2 is 2.24 bits per heavy atom. The lowest BCUT2D eigenvalue weighted by atomic mass is 9.74. The minimum Gasteiger partial charge on any atom is -0.316 e. The molecule has 2 fully saturated rings. The zero-order valence-electron chi connectivity index (χ0n) is 10.6. The van der Waals surface area contributed by atoms with E-state index in [-0.39, 0.29) is 0 Å². The molecule has 3 atom stereocenters. The first-order valence-electron chi connectivity index (χ1n) is 6.59. The third kappa shape index (κ3) is 1.71. The zero-order chi connectivity index (χ0) is 12.0. The van der Waals surface area contributed by atoms with Crippen molar-refractivity contribution in [2.75, 3.05) is 13.1 Å². The predicted octanol–water partition coefficient (Wildman–Crippen LogP) is 3.54. The first kappa shape index (κ1) is 11.6. The Bertz CT molecular complexity index is 443. The monoisotopic (exact) mass is 249 g/mol. The summed E-state index contributed by atoms with van der Waals surface area (Å²) in [5, 5.41) is 4.49. The number of hydrogen-bond donors (Lipinski definition) is 1. The van der Waals surface area contributed by atoms with Crippen LogP contribution in [-0.2, 0) is 5.41 Å². The summed E-state index contributed by atoms with van der Waals surface area (Å²) in [6, 6.07) is 6.67. The Balaban J connectivity index is 2.04. The number of hydrogen-bond acceptors (Lipinski definition) is 1. The van der Waals surface area contributed by atoms with Gasteiger partial charge in [0.1, 0.15) is 0 Å². The Hall–Kier alpha value is -0.530. The Morgan fingerprint density at radius 3 is 3.00 bits per heavy atom. The molecule has 92 valence electrons. The molecule has 0 bridgehead atoms. The van der Waals surface area contributed by atoms with Gasteiger partial charge < -0.3 is 5.32 Å². The van der Waals surface area contributed by atoms with E-state index in [4.69, 9.17) is 11.6 Å². The molecule has 2 heteroatoms. The van der Waals surface area contributed by atoms with Gasteiger partial charge in [-0.1, -0.05) is 30.7 Å². The van der Waals surface area contributed by atoms with Crippen LogP contribution in [0.2, 0.25) is 5.02 Å². The van der Waals surface area contributed by atoms with Crippen LogP contribution in [0.4, 0.5) is 0 Å². The van der Waals surface area contributed by atoms with Crippen LogP contribution in [0.5, 0.6) is 0 Å². The highest BCUT2D eigenvalue weighted by Gasteiger charge is 2.49. The van der Waals surface area contributed by atoms with Crippen molar-refractivity contribution in [1.29, 1.82) is 0 Å². The largest absolute Gasteiger partial charge is 0.316 e. The van der Waals surface area contributed by atoms with Crippen LogP contribution in [0.25, 0.3) is 0 Å². The molecule has 1 N–H and O–H groups in total. The van der Waals surface area contributed by atoms with Crippen molar-refractivity contribution in [3.05, 3.63) is 34.3 Å². The van der Waals surface area contributed by atoms with Crippen molar-refractivity contribution in [2.45, 2.75) is 32.1 Å². The van der Waals surface area contributed by atoms with Crippen LogP contribution in [0.1, 0.15) is 30.9 Å². The van der Waals surface area contributed by atoms with Gasteiger partial charge in [-0.25, -0.2) is 0 Å². The molecule has 1 aromatic carbocycles. The SMILES string of the molecule is Cc1ccc([C@]23CNC[C@H]2CC(C)C3)cc1Cl. The summed E-state index contributed by atoms with van der Waals surface area (Å²) in [6.07, 6.45) is 2.67. The van der Waals surface area contributed by atoms with E-state index >= 15 is 0 Å². The van der Waals surface area contributed by atoms with Crippen molar-refractivity contribution in [3.63, 3.8) is 0 Å². The minimum absolute atomic E-state index is 0.358. The average molecular weight is 250 g/mol. The molecule has 0 aromatic heterocycles. The van der Waals surface area contributed by atoms with Gasteiger partial charge in [0.25, 0.3) is 0 Å². The summed E-state index contributed by atoms with van der Waals surface area (Å²) in [5.74, 6) is 1.65. The molecule has 1 aliphatic carbocycles. The second-order valence-electron chi connectivity index (χ2n) is 5.99. The predicted molar refractivity (Wildman–Crippen MR) is 72.6 cm³/mol. The second kappa shape index (κ2) is 4.00. The Labute approximate surface area is 109 Å². The van der Waals surface area contributed by atoms with Crippen molar-refractivity contribution in [1.82, 2.24) is 5.32 Å². The van der Waals surface area contributed by atoms with Gasteiger partial charge in [0.2, 0.25) is 0 Å². The molecule has 3 rings (SSSR count). The number of benzene rings is 1. The van der Waals surface area contributed by atoms with Crippen molar-refractivity contribution in [3.8, 4) is 0 Å². The van der Waals surface area contributed by atoms with E-state index in [0.717, 1.165) is 23.4 Å². The Kier molecular flexibility index (Phi) is 2.72. The maximum absolute atomic E-state index is 6.30. The minimum atomic E-state index is 0.358. The van der Waals surface area contributed by atoms with Gasteiger partial charge in [-0.15, -0.1) is 0 Å². The molecule has 17 heavy (non-hydrogen) atoms. The maximum Gasteiger partial charge on any atom is 0.0438 e. The fourth-order valence-electron chi connectivity index (χ4n) is 3.91. The normalized spacial score (nSPS) is 36.2. The van der Waals surface area contributed by atoms with Crippen LogP contribution < -0.4 is 5.32 Å². The molecule has 1 unspecified atom stereocenters. The van der Waals surface area contributed by atoms with Crippen LogP contribution in [0.3, 0.4) is 0 Å². The average Bonchev–Trinajstić information content (AvgIpc) is 2.78. The van der Waals surface area contributed by atoms with Gasteiger partial charge in [0.15, 0.2) is 0 Å². The quantitative estimate of drug-likeness (QED) is 0.803. The van der Waals surface area contributed by atoms with Gasteiger partial charge in [-0.3, -0.25) is 0 Å². The molecule has 1 nitrogen and oxygen atoms in total. The van der Waals surface area contributed by atoms with Gasteiger partial charge in [-0.05, 0) is 55.3 Å². The third-order valence-electron chi connectivity index (χ3n) is 4.76. The first-order chi connectivity index (χ1) is 8.12. The highest BCUT2D eigenvalue weighted by atomic mass is 35.5. The highest BCUT2D eigenvalue weighted by Crippen LogP contribution is 2.50. The maximum atomic E-state index is 6.30. The highest BCUT2D eigenvalue weighted by molar-refractivity contribution is 6.31. The molecule has 1 saturated heterocycles. The van der Waals surface area contributed by atoms with Crippen LogP contribution in [-0.4, -0.2) is 13.1 Å². The lowest BCUT2D eigenvalue weighted by Gasteiger charge is -2.29. The first-order valence-corrected chi connectivity index (χ1v) is 6.97. The standard InChI is InChI=1S/C15H20ClN/c1-10-5-13-8-17-9-15(13,7-10)12-4-3-11(2)14(16)6-12/h3-4,6,10,13,17H,5,7-9H2,1-2H3/t10?,13-,15+/m1/s1. The molecule has 0 radical (unpaired) electrons. The summed E-state index contributed by atoms with van der Waals surface area (Å²) in [5.41, 5.74) is 2.99. The van der Waals surface area contributed by atoms with E-state index in [9.17, 15) is 0 Å². The topological polar surface area (TPSA) is 12.0 Å². The summed E-state index contributed by atoms with van der Waals surface area (Å²) < 4.78 is 0. The van der Waals surface area contributed by atoms with Gasteiger partial charge in [0.05, 0.1) is 0 Å². The molecular weight excluding hydrogens is 230 g/mol. The Morgan fingerprint density at radius 1 is 1.41 bits per heavy atom. The van der Waals surface area contributed by atoms with E-state index < -0.39 is 0 Å². The molecule has 2 aliphatic rings. The number of fused-ring (bicyclic) bond motifs is 1. The smallest absolute Gasteiger partial charge is 0.0438 e. The van der Waals surface area contributed by atoms with E-state index in [0.29, 0.717) is 5.41 Å². The molecule has 1 aromatic rings. The lowest BCUT2D eigenvalue weighted by Crippen LogP contribution is -2.31. The number of halogens is 1. The fraction of sp³-hybridized carbons (Fsp3) is 0.600. The fourth-order valence-corrected chi connectivity index (χ4v) is 4.09. The van der Waals surface area contributed by atoms with Gasteiger partial charge in [0, 0.05) is 17.0 Å². The summed E-state index contributed by atoms with van der Waals surface area (Å²) in [6.45, 7) is 6.76. The van der Waals surface area contributed by atoms with Gasteiger partial charge in [-0.2, -0.15) is 0 Å². The van der Waals surface area contributed by atoms with E-state index in [1.54, 1.807) is 0 Å². The van der Waals surface area contributed by atoms with E-state index in [1.165, 1.54) is 30.5 Å². The molecule has 0 spiro atoms. The van der Waals surface area contributed by atoms with Crippen molar-refractivity contribution in [2.24, 2.45) is 11.8 Å². The van der Waals surface area contributed by atoms with Crippen LogP contribution in [0, 0.1) is 18.8 Å². The van der Waals surface area contributed by atoms with Gasteiger partial charge >= 0.3 is 0 Å². The van der Waals surface area contributed by atoms with Crippen LogP contribution in [0.15, 0.2) is 18.2 Å².